The van der Waals surface area contributed by atoms with Gasteiger partial charge in [0.25, 0.3) is 5.91 Å². The SMILES string of the molecule is COc1ccc(COc2ccccc2N2CCN(CCNC(=O)c3ccsc3)CC2)cc1. The van der Waals surface area contributed by atoms with E-state index in [2.05, 4.69) is 27.2 Å². The summed E-state index contributed by atoms with van der Waals surface area (Å²) < 4.78 is 11.4. The number of anilines is 1. The van der Waals surface area contributed by atoms with Crippen LogP contribution in [0, 0.1) is 0 Å². The van der Waals surface area contributed by atoms with Crippen molar-refractivity contribution >= 4 is 22.9 Å². The third-order valence-electron chi connectivity index (χ3n) is 5.63. The van der Waals surface area contributed by atoms with Gasteiger partial charge < -0.3 is 19.7 Å². The summed E-state index contributed by atoms with van der Waals surface area (Å²) in [5, 5.41) is 6.81. The lowest BCUT2D eigenvalue weighted by molar-refractivity contribution is 0.0948. The van der Waals surface area contributed by atoms with E-state index in [4.69, 9.17) is 9.47 Å². The fourth-order valence-corrected chi connectivity index (χ4v) is 4.39. The van der Waals surface area contributed by atoms with Crippen molar-refractivity contribution in [1.29, 1.82) is 0 Å². The number of amides is 1. The number of carbonyl (C=O) groups is 1. The van der Waals surface area contributed by atoms with Gasteiger partial charge in [0, 0.05) is 50.2 Å². The maximum atomic E-state index is 12.1. The molecule has 0 spiro atoms. The molecule has 1 N–H and O–H groups in total. The van der Waals surface area contributed by atoms with Crippen molar-refractivity contribution in [3.8, 4) is 11.5 Å². The molecule has 2 heterocycles. The van der Waals surface area contributed by atoms with E-state index in [1.807, 2.05) is 53.2 Å². The van der Waals surface area contributed by atoms with E-state index >= 15 is 0 Å². The fourth-order valence-electron chi connectivity index (χ4n) is 3.76. The minimum atomic E-state index is 0.00724. The summed E-state index contributed by atoms with van der Waals surface area (Å²) in [6.45, 7) is 5.82. The molecule has 3 aromatic rings. The van der Waals surface area contributed by atoms with E-state index in [0.717, 1.165) is 61.0 Å². The lowest BCUT2D eigenvalue weighted by atomic mass is 10.2. The van der Waals surface area contributed by atoms with Gasteiger partial charge in [0.15, 0.2) is 0 Å². The Morgan fingerprint density at radius 2 is 1.81 bits per heavy atom. The quantitative estimate of drug-likeness (QED) is 0.535. The highest BCUT2D eigenvalue weighted by molar-refractivity contribution is 7.08. The molecular weight excluding hydrogens is 422 g/mol. The Labute approximate surface area is 193 Å². The number of benzene rings is 2. The van der Waals surface area contributed by atoms with Crippen molar-refractivity contribution in [2.45, 2.75) is 6.61 Å². The number of para-hydroxylation sites is 2. The van der Waals surface area contributed by atoms with Crippen LogP contribution in [0.5, 0.6) is 11.5 Å². The second-order valence-electron chi connectivity index (χ2n) is 7.70. The molecule has 1 saturated heterocycles. The number of carbonyl (C=O) groups excluding carboxylic acids is 1. The van der Waals surface area contributed by atoms with Crippen molar-refractivity contribution < 1.29 is 14.3 Å². The van der Waals surface area contributed by atoms with E-state index in [-0.39, 0.29) is 5.91 Å². The molecule has 32 heavy (non-hydrogen) atoms. The second-order valence-corrected chi connectivity index (χ2v) is 8.48. The summed E-state index contributed by atoms with van der Waals surface area (Å²) in [6.07, 6.45) is 0. The summed E-state index contributed by atoms with van der Waals surface area (Å²) in [4.78, 5) is 16.8. The molecule has 168 valence electrons. The Morgan fingerprint density at radius 3 is 2.53 bits per heavy atom. The van der Waals surface area contributed by atoms with Gasteiger partial charge >= 0.3 is 0 Å². The lowest BCUT2D eigenvalue weighted by Gasteiger charge is -2.36. The highest BCUT2D eigenvalue weighted by Gasteiger charge is 2.19. The standard InChI is InChI=1S/C25H29N3O3S/c1-30-22-8-6-20(7-9-22)18-31-24-5-3-2-4-23(24)28-15-13-27(14-16-28)12-11-26-25(29)21-10-17-32-19-21/h2-10,17,19H,11-16,18H2,1H3,(H,26,29). The van der Waals surface area contributed by atoms with E-state index in [9.17, 15) is 4.79 Å². The normalized spacial score (nSPS) is 14.2. The number of thiophene rings is 1. The maximum absolute atomic E-state index is 12.1. The van der Waals surface area contributed by atoms with E-state index in [1.165, 1.54) is 0 Å². The molecule has 0 bridgehead atoms. The Morgan fingerprint density at radius 1 is 1.03 bits per heavy atom. The van der Waals surface area contributed by atoms with Crippen molar-refractivity contribution in [2.24, 2.45) is 0 Å². The number of nitrogens with one attached hydrogen (secondary N) is 1. The molecule has 1 aliphatic rings. The third kappa shape index (κ3) is 5.81. The number of hydrogen-bond donors (Lipinski definition) is 1. The monoisotopic (exact) mass is 451 g/mol. The van der Waals surface area contributed by atoms with Gasteiger partial charge in [0.05, 0.1) is 12.8 Å². The van der Waals surface area contributed by atoms with Crippen molar-refractivity contribution in [1.82, 2.24) is 10.2 Å². The molecule has 6 nitrogen and oxygen atoms in total. The molecule has 0 radical (unpaired) electrons. The van der Waals surface area contributed by atoms with Gasteiger partial charge in [-0.1, -0.05) is 24.3 Å². The molecule has 0 aliphatic carbocycles. The Hall–Kier alpha value is -3.03. The lowest BCUT2D eigenvalue weighted by Crippen LogP contribution is -2.48. The third-order valence-corrected chi connectivity index (χ3v) is 6.31. The van der Waals surface area contributed by atoms with Crippen LogP contribution in [0.4, 0.5) is 5.69 Å². The largest absolute Gasteiger partial charge is 0.497 e. The van der Waals surface area contributed by atoms with Crippen LogP contribution in [0.2, 0.25) is 0 Å². The zero-order valence-electron chi connectivity index (χ0n) is 18.3. The second kappa shape index (κ2) is 11.0. The summed E-state index contributed by atoms with van der Waals surface area (Å²) >= 11 is 1.54. The molecule has 0 unspecified atom stereocenters. The van der Waals surface area contributed by atoms with Crippen LogP contribution in [0.15, 0.2) is 65.4 Å². The zero-order chi connectivity index (χ0) is 22.2. The first-order chi connectivity index (χ1) is 15.7. The van der Waals surface area contributed by atoms with Crippen LogP contribution in [-0.2, 0) is 6.61 Å². The van der Waals surface area contributed by atoms with Crippen LogP contribution in [0.3, 0.4) is 0 Å². The number of hydrogen-bond acceptors (Lipinski definition) is 6. The molecule has 7 heteroatoms. The minimum absolute atomic E-state index is 0.00724. The Kier molecular flexibility index (Phi) is 7.64. The number of piperazine rings is 1. The molecule has 2 aromatic carbocycles. The first-order valence-corrected chi connectivity index (χ1v) is 11.8. The Bertz CT molecular complexity index is 984. The fraction of sp³-hybridized carbons (Fsp3) is 0.320. The van der Waals surface area contributed by atoms with Crippen molar-refractivity contribution in [3.63, 3.8) is 0 Å². The van der Waals surface area contributed by atoms with Crippen LogP contribution >= 0.6 is 11.3 Å². The highest BCUT2D eigenvalue weighted by Crippen LogP contribution is 2.29. The van der Waals surface area contributed by atoms with Gasteiger partial charge in [-0.15, -0.1) is 0 Å². The van der Waals surface area contributed by atoms with Crippen LogP contribution in [0.25, 0.3) is 0 Å². The molecule has 1 aromatic heterocycles. The van der Waals surface area contributed by atoms with Gasteiger partial charge in [-0.3, -0.25) is 9.69 Å². The topological polar surface area (TPSA) is 54.0 Å². The first kappa shape index (κ1) is 22.2. The number of methoxy groups -OCH3 is 1. The predicted octanol–water partition coefficient (Wildman–Crippen LogP) is 3.89. The zero-order valence-corrected chi connectivity index (χ0v) is 19.1. The molecule has 1 aliphatic heterocycles. The molecule has 1 amide bonds. The molecule has 4 rings (SSSR count). The number of rotatable bonds is 9. The molecular formula is C25H29N3O3S. The van der Waals surface area contributed by atoms with Crippen LogP contribution < -0.4 is 19.7 Å². The molecule has 0 saturated carbocycles. The van der Waals surface area contributed by atoms with E-state index in [0.29, 0.717) is 13.2 Å². The van der Waals surface area contributed by atoms with Gasteiger partial charge in [0.2, 0.25) is 0 Å². The van der Waals surface area contributed by atoms with Crippen molar-refractivity contribution in [2.75, 3.05) is 51.3 Å². The van der Waals surface area contributed by atoms with E-state index in [1.54, 1.807) is 18.4 Å². The van der Waals surface area contributed by atoms with Gasteiger partial charge in [0.1, 0.15) is 18.1 Å². The van der Waals surface area contributed by atoms with Gasteiger partial charge in [-0.25, -0.2) is 0 Å². The predicted molar refractivity (Wildman–Crippen MR) is 129 cm³/mol. The van der Waals surface area contributed by atoms with Gasteiger partial charge in [-0.2, -0.15) is 11.3 Å². The van der Waals surface area contributed by atoms with Crippen LogP contribution in [-0.4, -0.2) is 57.2 Å². The molecule has 0 atom stereocenters. The average molecular weight is 452 g/mol. The molecule has 1 fully saturated rings. The maximum Gasteiger partial charge on any atom is 0.252 e. The minimum Gasteiger partial charge on any atom is -0.497 e. The number of ether oxygens (including phenoxy) is 2. The van der Waals surface area contributed by atoms with E-state index < -0.39 is 0 Å². The summed E-state index contributed by atoms with van der Waals surface area (Å²) in [5.41, 5.74) is 2.98. The highest BCUT2D eigenvalue weighted by atomic mass is 32.1. The van der Waals surface area contributed by atoms with Crippen LogP contribution in [0.1, 0.15) is 15.9 Å². The van der Waals surface area contributed by atoms with Gasteiger partial charge in [-0.05, 0) is 41.3 Å². The summed E-state index contributed by atoms with van der Waals surface area (Å²) in [6, 6.07) is 18.0. The summed E-state index contributed by atoms with van der Waals surface area (Å²) in [5.74, 6) is 1.76. The number of nitrogens with zero attached hydrogens (tertiary/aromatic N) is 2. The Balaban J connectivity index is 1.25. The summed E-state index contributed by atoms with van der Waals surface area (Å²) in [7, 11) is 1.67. The average Bonchev–Trinajstić information content (AvgIpc) is 3.39. The first-order valence-electron chi connectivity index (χ1n) is 10.9. The smallest absolute Gasteiger partial charge is 0.252 e. The van der Waals surface area contributed by atoms with Crippen molar-refractivity contribution in [3.05, 3.63) is 76.5 Å².